The van der Waals surface area contributed by atoms with Gasteiger partial charge in [0.2, 0.25) is 5.91 Å². The molecule has 0 saturated heterocycles. The van der Waals surface area contributed by atoms with E-state index in [0.717, 1.165) is 25.9 Å². The highest BCUT2D eigenvalue weighted by Crippen LogP contribution is 2.11. The fourth-order valence-corrected chi connectivity index (χ4v) is 1.62. The SMILES string of the molecule is CCNC(C)(CCN(C)C(C)CC)C(N)=O. The second-order valence-electron chi connectivity index (χ2n) is 4.71. The van der Waals surface area contributed by atoms with Gasteiger partial charge in [0.25, 0.3) is 0 Å². The fraction of sp³-hybridized carbons (Fsp3) is 0.917. The minimum Gasteiger partial charge on any atom is -0.368 e. The van der Waals surface area contributed by atoms with Crippen molar-refractivity contribution in [2.24, 2.45) is 5.73 Å². The van der Waals surface area contributed by atoms with Crippen LogP contribution in [0.3, 0.4) is 0 Å². The van der Waals surface area contributed by atoms with Crippen LogP contribution < -0.4 is 11.1 Å². The third kappa shape index (κ3) is 4.49. The third-order valence-corrected chi connectivity index (χ3v) is 3.42. The first-order valence-corrected chi connectivity index (χ1v) is 6.12. The summed E-state index contributed by atoms with van der Waals surface area (Å²) < 4.78 is 0. The van der Waals surface area contributed by atoms with E-state index in [1.54, 1.807) is 0 Å². The number of carbonyl (C=O) groups excluding carboxylic acids is 1. The predicted octanol–water partition coefficient (Wildman–Crippen LogP) is 0.960. The lowest BCUT2D eigenvalue weighted by molar-refractivity contribution is -0.124. The third-order valence-electron chi connectivity index (χ3n) is 3.42. The van der Waals surface area contributed by atoms with Gasteiger partial charge in [-0.3, -0.25) is 4.79 Å². The van der Waals surface area contributed by atoms with Crippen molar-refractivity contribution in [2.75, 3.05) is 20.1 Å². The Morgan fingerprint density at radius 3 is 2.44 bits per heavy atom. The molecule has 16 heavy (non-hydrogen) atoms. The molecule has 0 saturated carbocycles. The van der Waals surface area contributed by atoms with Gasteiger partial charge in [0.05, 0.1) is 5.54 Å². The van der Waals surface area contributed by atoms with E-state index < -0.39 is 5.54 Å². The molecule has 0 aliphatic rings. The molecule has 0 spiro atoms. The molecular formula is C12H27N3O. The number of hydrogen-bond donors (Lipinski definition) is 2. The Morgan fingerprint density at radius 2 is 2.06 bits per heavy atom. The zero-order chi connectivity index (χ0) is 12.8. The minimum atomic E-state index is -0.587. The smallest absolute Gasteiger partial charge is 0.237 e. The summed E-state index contributed by atoms with van der Waals surface area (Å²) in [4.78, 5) is 13.7. The van der Waals surface area contributed by atoms with Crippen LogP contribution in [0.4, 0.5) is 0 Å². The van der Waals surface area contributed by atoms with Gasteiger partial charge < -0.3 is 16.0 Å². The Morgan fingerprint density at radius 1 is 1.50 bits per heavy atom. The van der Waals surface area contributed by atoms with Crippen LogP contribution in [0.5, 0.6) is 0 Å². The van der Waals surface area contributed by atoms with Crippen molar-refractivity contribution in [3.63, 3.8) is 0 Å². The Kier molecular flexibility index (Phi) is 6.60. The largest absolute Gasteiger partial charge is 0.368 e. The van der Waals surface area contributed by atoms with Crippen molar-refractivity contribution < 1.29 is 4.79 Å². The lowest BCUT2D eigenvalue weighted by Gasteiger charge is -2.31. The molecule has 4 heteroatoms. The summed E-state index contributed by atoms with van der Waals surface area (Å²) in [5, 5.41) is 3.17. The fourth-order valence-electron chi connectivity index (χ4n) is 1.62. The lowest BCUT2D eigenvalue weighted by atomic mass is 9.96. The molecule has 0 fully saturated rings. The molecule has 0 aliphatic carbocycles. The molecule has 2 unspecified atom stereocenters. The summed E-state index contributed by atoms with van der Waals surface area (Å²) in [5.41, 5.74) is 4.85. The van der Waals surface area contributed by atoms with Gasteiger partial charge in [-0.25, -0.2) is 0 Å². The molecule has 0 aliphatic heterocycles. The highest BCUT2D eigenvalue weighted by Gasteiger charge is 2.29. The average molecular weight is 229 g/mol. The van der Waals surface area contributed by atoms with E-state index in [2.05, 4.69) is 31.1 Å². The summed E-state index contributed by atoms with van der Waals surface area (Å²) in [7, 11) is 2.08. The van der Waals surface area contributed by atoms with E-state index in [1.165, 1.54) is 0 Å². The van der Waals surface area contributed by atoms with Crippen molar-refractivity contribution >= 4 is 5.91 Å². The second kappa shape index (κ2) is 6.86. The van der Waals surface area contributed by atoms with E-state index in [9.17, 15) is 4.79 Å². The van der Waals surface area contributed by atoms with E-state index in [0.29, 0.717) is 6.04 Å². The monoisotopic (exact) mass is 229 g/mol. The minimum absolute atomic E-state index is 0.271. The Hall–Kier alpha value is -0.610. The van der Waals surface area contributed by atoms with Crippen LogP contribution in [-0.2, 0) is 4.79 Å². The van der Waals surface area contributed by atoms with Gasteiger partial charge >= 0.3 is 0 Å². The number of likely N-dealkylation sites (N-methyl/N-ethyl adjacent to an activating group) is 1. The zero-order valence-corrected chi connectivity index (χ0v) is 11.3. The number of nitrogens with one attached hydrogen (secondary N) is 1. The first kappa shape index (κ1) is 15.4. The van der Waals surface area contributed by atoms with Crippen LogP contribution in [-0.4, -0.2) is 42.5 Å². The van der Waals surface area contributed by atoms with Gasteiger partial charge in [0, 0.05) is 12.6 Å². The lowest BCUT2D eigenvalue weighted by Crippen LogP contribution is -2.54. The molecule has 0 aromatic heterocycles. The summed E-state index contributed by atoms with van der Waals surface area (Å²) in [6.07, 6.45) is 1.86. The number of nitrogens with two attached hydrogens (primary N) is 1. The number of carbonyl (C=O) groups is 1. The van der Waals surface area contributed by atoms with Gasteiger partial charge in [-0.05, 0) is 40.3 Å². The molecule has 0 aromatic carbocycles. The van der Waals surface area contributed by atoms with Crippen LogP contribution in [0.1, 0.15) is 40.5 Å². The highest BCUT2D eigenvalue weighted by molar-refractivity contribution is 5.84. The maximum Gasteiger partial charge on any atom is 0.237 e. The molecule has 0 heterocycles. The summed E-state index contributed by atoms with van der Waals surface area (Å²) in [5.74, 6) is -0.271. The van der Waals surface area contributed by atoms with Crippen LogP contribution >= 0.6 is 0 Å². The van der Waals surface area contributed by atoms with Gasteiger partial charge in [0.1, 0.15) is 0 Å². The predicted molar refractivity (Wildman–Crippen MR) is 68.3 cm³/mol. The Bertz CT molecular complexity index is 220. The summed E-state index contributed by atoms with van der Waals surface area (Å²) >= 11 is 0. The molecule has 96 valence electrons. The topological polar surface area (TPSA) is 58.4 Å². The van der Waals surface area contributed by atoms with Crippen LogP contribution in [0.15, 0.2) is 0 Å². The Balaban J connectivity index is 4.27. The van der Waals surface area contributed by atoms with Crippen molar-refractivity contribution in [2.45, 2.75) is 52.1 Å². The van der Waals surface area contributed by atoms with E-state index in [1.807, 2.05) is 13.8 Å². The number of primary amides is 1. The molecule has 1 amide bonds. The first-order chi connectivity index (χ1) is 7.37. The first-order valence-electron chi connectivity index (χ1n) is 6.12. The molecular weight excluding hydrogens is 202 g/mol. The number of amides is 1. The van der Waals surface area contributed by atoms with Gasteiger partial charge in [0.15, 0.2) is 0 Å². The number of rotatable bonds is 8. The normalized spacial score (nSPS) is 17.1. The molecule has 4 nitrogen and oxygen atoms in total. The van der Waals surface area contributed by atoms with Gasteiger partial charge in [-0.1, -0.05) is 13.8 Å². The van der Waals surface area contributed by atoms with Crippen LogP contribution in [0.2, 0.25) is 0 Å². The van der Waals surface area contributed by atoms with Gasteiger partial charge in [-0.2, -0.15) is 0 Å². The van der Waals surface area contributed by atoms with Crippen LogP contribution in [0, 0.1) is 0 Å². The second-order valence-corrected chi connectivity index (χ2v) is 4.71. The highest BCUT2D eigenvalue weighted by atomic mass is 16.1. The van der Waals surface area contributed by atoms with Crippen molar-refractivity contribution in [3.05, 3.63) is 0 Å². The van der Waals surface area contributed by atoms with Crippen molar-refractivity contribution in [3.8, 4) is 0 Å². The van der Waals surface area contributed by atoms with Crippen molar-refractivity contribution in [1.82, 2.24) is 10.2 Å². The van der Waals surface area contributed by atoms with E-state index in [4.69, 9.17) is 5.73 Å². The quantitative estimate of drug-likeness (QED) is 0.652. The van der Waals surface area contributed by atoms with Crippen LogP contribution in [0.25, 0.3) is 0 Å². The zero-order valence-electron chi connectivity index (χ0n) is 11.3. The van der Waals surface area contributed by atoms with Gasteiger partial charge in [-0.15, -0.1) is 0 Å². The maximum absolute atomic E-state index is 11.4. The number of nitrogens with zero attached hydrogens (tertiary/aromatic N) is 1. The molecule has 2 atom stereocenters. The molecule has 0 radical (unpaired) electrons. The van der Waals surface area contributed by atoms with E-state index >= 15 is 0 Å². The van der Waals surface area contributed by atoms with E-state index in [-0.39, 0.29) is 5.91 Å². The van der Waals surface area contributed by atoms with Crippen molar-refractivity contribution in [1.29, 1.82) is 0 Å². The molecule has 0 aromatic rings. The average Bonchev–Trinajstić information content (AvgIpc) is 2.24. The summed E-state index contributed by atoms with van der Waals surface area (Å²) in [6.45, 7) is 9.85. The molecule has 3 N–H and O–H groups in total. The standard InChI is InChI=1S/C12H27N3O/c1-6-10(3)15(5)9-8-12(4,11(13)16)14-7-2/h10,14H,6-9H2,1-5H3,(H2,13,16). The summed E-state index contributed by atoms with van der Waals surface area (Å²) in [6, 6.07) is 0.541. The Labute approximate surface area is 99.6 Å². The molecule has 0 rings (SSSR count). The molecule has 0 bridgehead atoms. The number of hydrogen-bond acceptors (Lipinski definition) is 3. The maximum atomic E-state index is 11.4.